The smallest absolute Gasteiger partial charge is 0.261 e. The van der Waals surface area contributed by atoms with Gasteiger partial charge in [-0.25, -0.2) is 10.1 Å². The van der Waals surface area contributed by atoms with Crippen LogP contribution in [0.15, 0.2) is 45.9 Å². The standard InChI is InChI=1S/C14H12ClN7O2/c15-10-3-1-2-9(6-10)12-5-4-11(24-12)7-17-18-13(23)8-22-14(16)19-20-21-22/h1-7H,8H2,(H,18,23)(H2,16,19,21)/b17-7-. The lowest BCUT2D eigenvalue weighted by atomic mass is 10.2. The maximum atomic E-state index is 11.7. The van der Waals surface area contributed by atoms with Crippen molar-refractivity contribution in [3.8, 4) is 11.3 Å². The zero-order chi connectivity index (χ0) is 16.9. The van der Waals surface area contributed by atoms with Crippen LogP contribution in [0.1, 0.15) is 5.76 Å². The Bertz CT molecular complexity index is 887. The van der Waals surface area contributed by atoms with Crippen molar-refractivity contribution >= 4 is 29.7 Å². The van der Waals surface area contributed by atoms with Crippen LogP contribution in [-0.4, -0.2) is 32.3 Å². The molecule has 10 heteroatoms. The zero-order valence-corrected chi connectivity index (χ0v) is 13.0. The van der Waals surface area contributed by atoms with Crippen molar-refractivity contribution < 1.29 is 9.21 Å². The summed E-state index contributed by atoms with van der Waals surface area (Å²) in [6.45, 7) is -0.137. The summed E-state index contributed by atoms with van der Waals surface area (Å²) in [7, 11) is 0. The van der Waals surface area contributed by atoms with Crippen molar-refractivity contribution in [3.63, 3.8) is 0 Å². The van der Waals surface area contributed by atoms with Crippen LogP contribution < -0.4 is 11.2 Å². The van der Waals surface area contributed by atoms with Crippen molar-refractivity contribution in [2.75, 3.05) is 5.73 Å². The number of aromatic nitrogens is 4. The first-order chi connectivity index (χ1) is 11.6. The number of nitrogens with two attached hydrogens (primary N) is 1. The summed E-state index contributed by atoms with van der Waals surface area (Å²) in [6.07, 6.45) is 1.38. The first-order valence-electron chi connectivity index (χ1n) is 6.81. The van der Waals surface area contributed by atoms with Crippen molar-refractivity contribution in [2.24, 2.45) is 5.10 Å². The maximum Gasteiger partial charge on any atom is 0.261 e. The Labute approximate surface area is 141 Å². The first kappa shape index (κ1) is 15.7. The molecule has 1 amide bonds. The van der Waals surface area contributed by atoms with E-state index in [9.17, 15) is 4.79 Å². The molecule has 3 rings (SSSR count). The van der Waals surface area contributed by atoms with E-state index in [0.29, 0.717) is 16.5 Å². The number of carbonyl (C=O) groups excluding carboxylic acids is 1. The summed E-state index contributed by atoms with van der Waals surface area (Å²) >= 11 is 5.95. The topological polar surface area (TPSA) is 124 Å². The number of amides is 1. The van der Waals surface area contributed by atoms with Gasteiger partial charge in [-0.1, -0.05) is 28.8 Å². The highest BCUT2D eigenvalue weighted by atomic mass is 35.5. The summed E-state index contributed by atoms with van der Waals surface area (Å²) in [6, 6.07) is 10.8. The molecule has 0 radical (unpaired) electrons. The highest BCUT2D eigenvalue weighted by molar-refractivity contribution is 6.30. The molecule has 0 aliphatic carbocycles. The van der Waals surface area contributed by atoms with Crippen molar-refractivity contribution in [1.82, 2.24) is 25.6 Å². The molecule has 0 aliphatic rings. The Balaban J connectivity index is 1.59. The van der Waals surface area contributed by atoms with Gasteiger partial charge in [0.15, 0.2) is 0 Å². The van der Waals surface area contributed by atoms with Gasteiger partial charge in [0.25, 0.3) is 5.91 Å². The fraction of sp³-hybridized carbons (Fsp3) is 0.0714. The number of nitrogens with zero attached hydrogens (tertiary/aromatic N) is 5. The zero-order valence-electron chi connectivity index (χ0n) is 12.3. The SMILES string of the molecule is Nc1nnnn1CC(=O)N/N=C\c1ccc(-c2cccc(Cl)c2)o1. The van der Waals surface area contributed by atoms with E-state index in [1.165, 1.54) is 6.21 Å². The maximum absolute atomic E-state index is 11.7. The van der Waals surface area contributed by atoms with Crippen LogP contribution in [0.3, 0.4) is 0 Å². The molecule has 0 fully saturated rings. The number of tetrazole rings is 1. The van der Waals surface area contributed by atoms with E-state index in [4.69, 9.17) is 21.8 Å². The Morgan fingerprint density at radius 1 is 1.42 bits per heavy atom. The number of rotatable bonds is 5. The van der Waals surface area contributed by atoms with Gasteiger partial charge in [-0.2, -0.15) is 5.10 Å². The molecular formula is C14H12ClN7O2. The number of carbonyl (C=O) groups is 1. The number of benzene rings is 1. The van der Waals surface area contributed by atoms with E-state index in [2.05, 4.69) is 26.1 Å². The van der Waals surface area contributed by atoms with Gasteiger partial charge < -0.3 is 10.2 Å². The van der Waals surface area contributed by atoms with Crippen LogP contribution in [0.25, 0.3) is 11.3 Å². The summed E-state index contributed by atoms with van der Waals surface area (Å²) in [5, 5.41) is 14.8. The number of nitrogen functional groups attached to an aromatic ring is 1. The van der Waals surface area contributed by atoms with Crippen LogP contribution in [0.2, 0.25) is 5.02 Å². The summed E-state index contributed by atoms with van der Waals surface area (Å²) < 4.78 is 6.76. The van der Waals surface area contributed by atoms with Gasteiger partial charge >= 0.3 is 0 Å². The predicted molar refractivity (Wildman–Crippen MR) is 87.1 cm³/mol. The minimum absolute atomic E-state index is 0.0475. The molecule has 3 aromatic rings. The molecule has 24 heavy (non-hydrogen) atoms. The summed E-state index contributed by atoms with van der Waals surface area (Å²) in [4.78, 5) is 11.7. The average Bonchev–Trinajstić information content (AvgIpc) is 3.17. The van der Waals surface area contributed by atoms with Crippen LogP contribution >= 0.6 is 11.6 Å². The normalized spacial score (nSPS) is 11.0. The molecule has 0 bridgehead atoms. The Hall–Kier alpha value is -3.20. The highest BCUT2D eigenvalue weighted by Gasteiger charge is 2.07. The monoisotopic (exact) mass is 345 g/mol. The fourth-order valence-corrected chi connectivity index (χ4v) is 2.07. The largest absolute Gasteiger partial charge is 0.455 e. The lowest BCUT2D eigenvalue weighted by Crippen LogP contribution is -2.24. The van der Waals surface area contributed by atoms with E-state index in [1.54, 1.807) is 24.3 Å². The summed E-state index contributed by atoms with van der Waals surface area (Å²) in [5.74, 6) is 0.747. The average molecular weight is 346 g/mol. The number of anilines is 1. The third-order valence-corrected chi connectivity index (χ3v) is 3.21. The van der Waals surface area contributed by atoms with Gasteiger partial charge in [0.1, 0.15) is 18.1 Å². The van der Waals surface area contributed by atoms with Gasteiger partial charge in [0.05, 0.1) is 6.21 Å². The summed E-state index contributed by atoms with van der Waals surface area (Å²) in [5.41, 5.74) is 8.64. The number of nitrogens with one attached hydrogen (secondary N) is 1. The molecule has 2 aromatic heterocycles. The van der Waals surface area contributed by atoms with Gasteiger partial charge in [-0.3, -0.25) is 4.79 Å². The minimum Gasteiger partial charge on any atom is -0.455 e. The second kappa shape index (κ2) is 6.92. The quantitative estimate of drug-likeness (QED) is 0.530. The lowest BCUT2D eigenvalue weighted by Gasteiger charge is -1.99. The van der Waals surface area contributed by atoms with Crippen LogP contribution in [0, 0.1) is 0 Å². The predicted octanol–water partition coefficient (Wildman–Crippen LogP) is 1.32. The fourth-order valence-electron chi connectivity index (χ4n) is 1.88. The van der Waals surface area contributed by atoms with Gasteiger partial charge in [0, 0.05) is 10.6 Å². The second-order valence-corrected chi connectivity index (χ2v) is 5.14. The Morgan fingerprint density at radius 3 is 3.04 bits per heavy atom. The number of furan rings is 1. The van der Waals surface area contributed by atoms with Crippen molar-refractivity contribution in [1.29, 1.82) is 0 Å². The molecule has 1 aromatic carbocycles. The van der Waals surface area contributed by atoms with Gasteiger partial charge in [-0.05, 0) is 34.7 Å². The molecule has 0 aliphatic heterocycles. The number of hydrogen-bond acceptors (Lipinski definition) is 7. The molecule has 9 nitrogen and oxygen atoms in total. The second-order valence-electron chi connectivity index (χ2n) is 4.70. The molecular weight excluding hydrogens is 334 g/mol. The Kier molecular flexibility index (Phi) is 4.52. The van der Waals surface area contributed by atoms with Crippen molar-refractivity contribution in [3.05, 3.63) is 47.2 Å². The van der Waals surface area contributed by atoms with Crippen LogP contribution in [-0.2, 0) is 11.3 Å². The molecule has 122 valence electrons. The van der Waals surface area contributed by atoms with Crippen molar-refractivity contribution in [2.45, 2.75) is 6.54 Å². The molecule has 3 N–H and O–H groups in total. The molecule has 0 atom stereocenters. The number of hydrogen-bond donors (Lipinski definition) is 2. The van der Waals surface area contributed by atoms with Crippen LogP contribution in [0.5, 0.6) is 0 Å². The number of hydrazone groups is 1. The van der Waals surface area contributed by atoms with E-state index < -0.39 is 5.91 Å². The number of halogens is 1. The molecule has 0 saturated heterocycles. The molecule has 0 saturated carbocycles. The molecule has 2 heterocycles. The third kappa shape index (κ3) is 3.76. The molecule has 0 unspecified atom stereocenters. The van der Waals surface area contributed by atoms with Gasteiger partial charge in [0.2, 0.25) is 5.95 Å². The Morgan fingerprint density at radius 2 is 2.29 bits per heavy atom. The minimum atomic E-state index is -0.424. The van der Waals surface area contributed by atoms with E-state index in [1.807, 2.05) is 12.1 Å². The molecule has 0 spiro atoms. The van der Waals surface area contributed by atoms with E-state index in [-0.39, 0.29) is 12.5 Å². The van der Waals surface area contributed by atoms with E-state index in [0.717, 1.165) is 10.2 Å². The lowest BCUT2D eigenvalue weighted by molar-refractivity contribution is -0.121. The van der Waals surface area contributed by atoms with Crippen LogP contribution in [0.4, 0.5) is 5.95 Å². The van der Waals surface area contributed by atoms with E-state index >= 15 is 0 Å². The first-order valence-corrected chi connectivity index (χ1v) is 7.19. The third-order valence-electron chi connectivity index (χ3n) is 2.97. The van der Waals surface area contributed by atoms with Gasteiger partial charge in [-0.15, -0.1) is 0 Å². The highest BCUT2D eigenvalue weighted by Crippen LogP contribution is 2.24.